The van der Waals surface area contributed by atoms with Crippen LogP contribution in [0.25, 0.3) is 10.8 Å². The molecule has 0 unspecified atom stereocenters. The minimum atomic E-state index is -0.339. The summed E-state index contributed by atoms with van der Waals surface area (Å²) >= 11 is 0. The lowest BCUT2D eigenvalue weighted by Crippen LogP contribution is -2.42. The summed E-state index contributed by atoms with van der Waals surface area (Å²) in [7, 11) is 1.38. The largest absolute Gasteiger partial charge is 0.494 e. The molecule has 0 spiro atoms. The molecule has 0 aliphatic carbocycles. The van der Waals surface area contributed by atoms with Crippen molar-refractivity contribution in [2.45, 2.75) is 32.2 Å². The van der Waals surface area contributed by atoms with E-state index in [-0.39, 0.29) is 11.5 Å². The van der Waals surface area contributed by atoms with Crippen molar-refractivity contribution in [2.75, 3.05) is 20.3 Å². The third-order valence-corrected chi connectivity index (χ3v) is 4.93. The van der Waals surface area contributed by atoms with Crippen molar-refractivity contribution in [3.63, 3.8) is 0 Å². The molecule has 0 bridgehead atoms. The van der Waals surface area contributed by atoms with Crippen LogP contribution in [0, 0.1) is 0 Å². The first kappa shape index (κ1) is 20.9. The Hall–Kier alpha value is -2.85. The number of ether oxygens (including phenoxy) is 2. The van der Waals surface area contributed by atoms with Gasteiger partial charge in [0.05, 0.1) is 19.3 Å². The third kappa shape index (κ3) is 6.06. The molecule has 1 N–H and O–H groups in total. The first-order valence-corrected chi connectivity index (χ1v) is 10.0. The molecular formula is C25H29NO3. The summed E-state index contributed by atoms with van der Waals surface area (Å²) in [6, 6.07) is 22.2. The highest BCUT2D eigenvalue weighted by atomic mass is 16.5. The molecule has 0 fully saturated rings. The van der Waals surface area contributed by atoms with Crippen LogP contribution in [-0.4, -0.2) is 31.8 Å². The summed E-state index contributed by atoms with van der Waals surface area (Å²) in [5.41, 5.74) is 1.87. The van der Waals surface area contributed by atoms with Crippen molar-refractivity contribution < 1.29 is 14.3 Å². The van der Waals surface area contributed by atoms with E-state index in [2.05, 4.69) is 61.6 Å². The fraction of sp³-hybridized carbons (Fsp3) is 0.320. The second-order valence-corrected chi connectivity index (χ2v) is 7.89. The van der Waals surface area contributed by atoms with Crippen molar-refractivity contribution in [3.05, 3.63) is 77.9 Å². The Balaban J connectivity index is 1.42. The summed E-state index contributed by atoms with van der Waals surface area (Å²) in [6.07, 6.45) is 1.87. The second-order valence-electron chi connectivity index (χ2n) is 7.89. The molecule has 29 heavy (non-hydrogen) atoms. The van der Waals surface area contributed by atoms with Crippen LogP contribution in [0.1, 0.15) is 36.2 Å². The van der Waals surface area contributed by atoms with Crippen LogP contribution in [0.3, 0.4) is 0 Å². The van der Waals surface area contributed by atoms with Crippen LogP contribution in [0.2, 0.25) is 0 Å². The molecule has 0 aliphatic rings. The number of esters is 1. The molecular weight excluding hydrogens is 362 g/mol. The number of fused-ring (bicyclic) bond motifs is 1. The number of carbonyl (C=O) groups excluding carboxylic acids is 1. The SMILES string of the molecule is COC(=O)c1ccc(OCCCNC(C)(C)Cc2ccc3ccccc3c2)cc1. The molecule has 3 aromatic rings. The Morgan fingerprint density at radius 1 is 0.966 bits per heavy atom. The Bertz CT molecular complexity index is 948. The Labute approximate surface area is 172 Å². The molecule has 0 amide bonds. The van der Waals surface area contributed by atoms with E-state index in [1.54, 1.807) is 24.3 Å². The maximum atomic E-state index is 11.4. The predicted molar refractivity (Wildman–Crippen MR) is 118 cm³/mol. The summed E-state index contributed by atoms with van der Waals surface area (Å²) in [6.45, 7) is 5.96. The normalized spacial score (nSPS) is 11.4. The molecule has 0 saturated heterocycles. The Morgan fingerprint density at radius 3 is 2.41 bits per heavy atom. The third-order valence-electron chi connectivity index (χ3n) is 4.93. The van der Waals surface area contributed by atoms with E-state index >= 15 is 0 Å². The van der Waals surface area contributed by atoms with Crippen LogP contribution >= 0.6 is 0 Å². The Morgan fingerprint density at radius 2 is 1.69 bits per heavy atom. The number of rotatable bonds is 9. The number of hydrogen-bond donors (Lipinski definition) is 1. The number of benzene rings is 3. The van der Waals surface area contributed by atoms with E-state index in [4.69, 9.17) is 9.47 Å². The highest BCUT2D eigenvalue weighted by Gasteiger charge is 2.17. The van der Waals surface area contributed by atoms with Crippen LogP contribution in [0.15, 0.2) is 66.7 Å². The van der Waals surface area contributed by atoms with Crippen LogP contribution < -0.4 is 10.1 Å². The highest BCUT2D eigenvalue weighted by Crippen LogP contribution is 2.19. The number of nitrogens with one attached hydrogen (secondary N) is 1. The van der Waals surface area contributed by atoms with Gasteiger partial charge in [0.1, 0.15) is 5.75 Å². The van der Waals surface area contributed by atoms with E-state index < -0.39 is 0 Å². The zero-order valence-corrected chi connectivity index (χ0v) is 17.4. The van der Waals surface area contributed by atoms with E-state index in [1.807, 2.05) is 0 Å². The average Bonchev–Trinajstić information content (AvgIpc) is 2.73. The zero-order valence-electron chi connectivity index (χ0n) is 17.4. The van der Waals surface area contributed by atoms with E-state index in [0.29, 0.717) is 12.2 Å². The first-order chi connectivity index (χ1) is 14.0. The van der Waals surface area contributed by atoms with Gasteiger partial charge in [-0.2, -0.15) is 0 Å². The molecule has 3 rings (SSSR count). The van der Waals surface area contributed by atoms with Gasteiger partial charge in [-0.15, -0.1) is 0 Å². The summed E-state index contributed by atoms with van der Waals surface area (Å²) in [5.74, 6) is 0.419. The minimum Gasteiger partial charge on any atom is -0.494 e. The summed E-state index contributed by atoms with van der Waals surface area (Å²) < 4.78 is 10.5. The van der Waals surface area contributed by atoms with Gasteiger partial charge in [0, 0.05) is 5.54 Å². The smallest absolute Gasteiger partial charge is 0.337 e. The monoisotopic (exact) mass is 391 g/mol. The number of carbonyl (C=O) groups is 1. The van der Waals surface area contributed by atoms with Gasteiger partial charge in [-0.05, 0) is 73.8 Å². The molecule has 4 nitrogen and oxygen atoms in total. The fourth-order valence-corrected chi connectivity index (χ4v) is 3.42. The molecule has 152 valence electrons. The van der Waals surface area contributed by atoms with Gasteiger partial charge >= 0.3 is 5.97 Å². The van der Waals surface area contributed by atoms with Gasteiger partial charge in [0.25, 0.3) is 0 Å². The van der Waals surface area contributed by atoms with Crippen LogP contribution in [-0.2, 0) is 11.2 Å². The number of methoxy groups -OCH3 is 1. The maximum absolute atomic E-state index is 11.4. The predicted octanol–water partition coefficient (Wildman–Crippen LogP) is 5.01. The lowest BCUT2D eigenvalue weighted by atomic mass is 9.93. The first-order valence-electron chi connectivity index (χ1n) is 10.0. The van der Waals surface area contributed by atoms with Crippen molar-refractivity contribution in [1.29, 1.82) is 0 Å². The van der Waals surface area contributed by atoms with Gasteiger partial charge in [-0.25, -0.2) is 4.79 Å². The van der Waals surface area contributed by atoms with Crippen LogP contribution in [0.4, 0.5) is 0 Å². The van der Waals surface area contributed by atoms with E-state index in [1.165, 1.54) is 23.4 Å². The van der Waals surface area contributed by atoms with Gasteiger partial charge in [0.2, 0.25) is 0 Å². The molecule has 0 aromatic heterocycles. The van der Waals surface area contributed by atoms with Crippen molar-refractivity contribution in [3.8, 4) is 5.75 Å². The van der Waals surface area contributed by atoms with Gasteiger partial charge in [0.15, 0.2) is 0 Å². The van der Waals surface area contributed by atoms with Crippen molar-refractivity contribution >= 4 is 16.7 Å². The highest BCUT2D eigenvalue weighted by molar-refractivity contribution is 5.89. The van der Waals surface area contributed by atoms with Gasteiger partial charge in [-0.1, -0.05) is 42.5 Å². The van der Waals surface area contributed by atoms with Crippen molar-refractivity contribution in [2.24, 2.45) is 0 Å². The quantitative estimate of drug-likeness (QED) is 0.412. The molecule has 0 heterocycles. The number of hydrogen-bond acceptors (Lipinski definition) is 4. The fourth-order valence-electron chi connectivity index (χ4n) is 3.42. The lowest BCUT2D eigenvalue weighted by Gasteiger charge is -2.27. The molecule has 0 atom stereocenters. The zero-order chi connectivity index (χ0) is 20.7. The maximum Gasteiger partial charge on any atom is 0.337 e. The standard InChI is InChI=1S/C25H29NO3/c1-25(2,18-19-9-10-20-7-4-5-8-22(20)17-19)26-15-6-16-29-23-13-11-21(12-14-23)24(27)28-3/h4-5,7-14,17,26H,6,15-16,18H2,1-3H3. The second kappa shape index (κ2) is 9.57. The Kier molecular flexibility index (Phi) is 6.89. The topological polar surface area (TPSA) is 47.6 Å². The molecule has 4 heteroatoms. The average molecular weight is 392 g/mol. The van der Waals surface area contributed by atoms with Gasteiger partial charge < -0.3 is 14.8 Å². The molecule has 3 aromatic carbocycles. The van der Waals surface area contributed by atoms with E-state index in [0.717, 1.165) is 25.1 Å². The summed E-state index contributed by atoms with van der Waals surface area (Å²) in [4.78, 5) is 11.4. The molecule has 0 radical (unpaired) electrons. The summed E-state index contributed by atoms with van der Waals surface area (Å²) in [5, 5.41) is 6.19. The molecule has 0 aliphatic heterocycles. The molecule has 0 saturated carbocycles. The lowest BCUT2D eigenvalue weighted by molar-refractivity contribution is 0.0600. The van der Waals surface area contributed by atoms with Crippen LogP contribution in [0.5, 0.6) is 5.75 Å². The minimum absolute atomic E-state index is 0.00458. The van der Waals surface area contributed by atoms with Crippen molar-refractivity contribution in [1.82, 2.24) is 5.32 Å². The van der Waals surface area contributed by atoms with Gasteiger partial charge in [-0.3, -0.25) is 0 Å². The van der Waals surface area contributed by atoms with E-state index in [9.17, 15) is 4.79 Å².